The Hall–Kier alpha value is -2.69. The molecule has 0 spiro atoms. The monoisotopic (exact) mass is 315 g/mol. The van der Waals surface area contributed by atoms with Crippen molar-refractivity contribution >= 4 is 12.0 Å². The quantitative estimate of drug-likeness (QED) is 0.832. The lowest BCUT2D eigenvalue weighted by molar-refractivity contribution is 0.0515. The summed E-state index contributed by atoms with van der Waals surface area (Å²) in [6.45, 7) is 2.13. The van der Waals surface area contributed by atoms with Gasteiger partial charge in [0.1, 0.15) is 17.2 Å². The van der Waals surface area contributed by atoms with Crippen LogP contribution in [0.15, 0.2) is 36.5 Å². The first-order valence-corrected chi connectivity index (χ1v) is 7.41. The third-order valence-corrected chi connectivity index (χ3v) is 3.45. The van der Waals surface area contributed by atoms with E-state index in [1.807, 2.05) is 18.3 Å². The first kappa shape index (κ1) is 16.7. The van der Waals surface area contributed by atoms with Crippen molar-refractivity contribution in [2.75, 3.05) is 13.7 Å². The first-order chi connectivity index (χ1) is 11.0. The van der Waals surface area contributed by atoms with Crippen LogP contribution in [0, 0.1) is 0 Å². The molecule has 2 rings (SSSR count). The summed E-state index contributed by atoms with van der Waals surface area (Å²) in [5, 5.41) is 9.85. The molecule has 5 heteroatoms. The lowest BCUT2D eigenvalue weighted by Crippen LogP contribution is -2.08. The molecule has 0 aliphatic rings. The molecule has 23 heavy (non-hydrogen) atoms. The van der Waals surface area contributed by atoms with Crippen LogP contribution in [0.1, 0.15) is 28.5 Å². The molecule has 0 radical (unpaired) electrons. The van der Waals surface area contributed by atoms with Crippen molar-refractivity contribution in [2.24, 2.45) is 7.05 Å². The van der Waals surface area contributed by atoms with Crippen LogP contribution in [0.4, 0.5) is 0 Å². The van der Waals surface area contributed by atoms with E-state index < -0.39 is 0 Å². The molecule has 0 bridgehead atoms. The molecule has 2 aromatic rings. The molecule has 0 aliphatic heterocycles. The van der Waals surface area contributed by atoms with Crippen molar-refractivity contribution in [1.29, 1.82) is 0 Å². The number of esters is 1. The van der Waals surface area contributed by atoms with E-state index in [1.165, 1.54) is 0 Å². The number of aromatic nitrogens is 1. The van der Waals surface area contributed by atoms with E-state index >= 15 is 0 Å². The smallest absolute Gasteiger partial charge is 0.354 e. The summed E-state index contributed by atoms with van der Waals surface area (Å²) in [7, 11) is 3.39. The number of carbonyl (C=O) groups excluding carboxylic acids is 1. The van der Waals surface area contributed by atoms with Crippen LogP contribution in [0.25, 0.3) is 6.08 Å². The number of ether oxygens (including phenoxy) is 2. The summed E-state index contributed by atoms with van der Waals surface area (Å²) in [6, 6.07) is 6.91. The number of carbonyl (C=O) groups is 1. The summed E-state index contributed by atoms with van der Waals surface area (Å²) in [5.41, 5.74) is 2.19. The van der Waals surface area contributed by atoms with Crippen LogP contribution < -0.4 is 4.74 Å². The summed E-state index contributed by atoms with van der Waals surface area (Å²) < 4.78 is 11.9. The fraction of sp³-hybridized carbons (Fsp3) is 0.278. The number of aromatic hydroxyl groups is 1. The number of methoxy groups -OCH3 is 1. The maximum Gasteiger partial charge on any atom is 0.354 e. The minimum absolute atomic E-state index is 0.232. The number of hydrogen-bond donors (Lipinski definition) is 1. The number of benzene rings is 1. The predicted molar refractivity (Wildman–Crippen MR) is 88.8 cm³/mol. The third kappa shape index (κ3) is 4.16. The second kappa shape index (κ2) is 7.54. The highest BCUT2D eigenvalue weighted by atomic mass is 16.5. The van der Waals surface area contributed by atoms with Gasteiger partial charge in [0.2, 0.25) is 0 Å². The van der Waals surface area contributed by atoms with E-state index in [4.69, 9.17) is 9.47 Å². The van der Waals surface area contributed by atoms with Crippen molar-refractivity contribution in [3.05, 3.63) is 53.4 Å². The van der Waals surface area contributed by atoms with Crippen LogP contribution >= 0.6 is 0 Å². The molecular weight excluding hydrogens is 294 g/mol. The molecule has 0 aliphatic carbocycles. The van der Waals surface area contributed by atoms with E-state index in [0.29, 0.717) is 24.5 Å². The molecular formula is C18H21NO4. The summed E-state index contributed by atoms with van der Waals surface area (Å²) in [6.07, 6.45) is 6.25. The number of phenolic OH excluding ortho intramolecular Hbond substituents is 1. The van der Waals surface area contributed by atoms with Crippen molar-refractivity contribution in [1.82, 2.24) is 4.57 Å². The third-order valence-electron chi connectivity index (χ3n) is 3.45. The number of rotatable bonds is 6. The Morgan fingerprint density at radius 1 is 1.35 bits per heavy atom. The van der Waals surface area contributed by atoms with Gasteiger partial charge in [0.25, 0.3) is 0 Å². The topological polar surface area (TPSA) is 60.7 Å². The minimum atomic E-state index is -0.333. The van der Waals surface area contributed by atoms with E-state index in [1.54, 1.807) is 49.9 Å². The molecule has 0 fully saturated rings. The Morgan fingerprint density at radius 2 is 2.13 bits per heavy atom. The van der Waals surface area contributed by atoms with Crippen molar-refractivity contribution < 1.29 is 19.4 Å². The fourth-order valence-corrected chi connectivity index (χ4v) is 2.26. The van der Waals surface area contributed by atoms with E-state index in [9.17, 15) is 9.90 Å². The summed E-state index contributed by atoms with van der Waals surface area (Å²) in [4.78, 5) is 11.8. The van der Waals surface area contributed by atoms with Crippen LogP contribution in [-0.4, -0.2) is 29.4 Å². The van der Waals surface area contributed by atoms with Gasteiger partial charge in [0.05, 0.1) is 13.7 Å². The Morgan fingerprint density at radius 3 is 2.83 bits per heavy atom. The van der Waals surface area contributed by atoms with Crippen LogP contribution in [0.3, 0.4) is 0 Å². The van der Waals surface area contributed by atoms with Crippen LogP contribution in [0.5, 0.6) is 11.5 Å². The van der Waals surface area contributed by atoms with Gasteiger partial charge >= 0.3 is 5.97 Å². The standard InChI is InChI=1S/C18H21NO4/c1-4-23-18(21)16-10-13(12-19(16)2)6-5-7-14-11-15(22-3)8-9-17(14)20/h5-6,8-12,20H,4,7H2,1-3H3. The number of phenols is 1. The highest BCUT2D eigenvalue weighted by molar-refractivity contribution is 5.88. The molecule has 1 aromatic heterocycles. The zero-order valence-corrected chi connectivity index (χ0v) is 13.6. The Bertz CT molecular complexity index is 716. The lowest BCUT2D eigenvalue weighted by Gasteiger charge is -2.04. The van der Waals surface area contributed by atoms with E-state index in [-0.39, 0.29) is 11.7 Å². The minimum Gasteiger partial charge on any atom is -0.508 e. The largest absolute Gasteiger partial charge is 0.508 e. The number of hydrogen-bond acceptors (Lipinski definition) is 4. The van der Waals surface area contributed by atoms with Gasteiger partial charge in [-0.05, 0) is 43.2 Å². The number of nitrogens with zero attached hydrogens (tertiary/aromatic N) is 1. The molecule has 1 heterocycles. The SMILES string of the molecule is CCOC(=O)c1cc(C=CCc2cc(OC)ccc2O)cn1C. The van der Waals surface area contributed by atoms with Gasteiger partial charge in [0.15, 0.2) is 0 Å². The molecule has 122 valence electrons. The second-order valence-corrected chi connectivity index (χ2v) is 5.09. The number of aryl methyl sites for hydroxylation is 1. The molecule has 0 saturated heterocycles. The highest BCUT2D eigenvalue weighted by Gasteiger charge is 2.11. The molecule has 1 N–H and O–H groups in total. The Kier molecular flexibility index (Phi) is 5.46. The van der Waals surface area contributed by atoms with E-state index in [2.05, 4.69) is 0 Å². The zero-order chi connectivity index (χ0) is 16.8. The van der Waals surface area contributed by atoms with Crippen LogP contribution in [-0.2, 0) is 18.2 Å². The number of allylic oxidation sites excluding steroid dienone is 1. The van der Waals surface area contributed by atoms with Gasteiger partial charge in [-0.25, -0.2) is 4.79 Å². The van der Waals surface area contributed by atoms with E-state index in [0.717, 1.165) is 11.1 Å². The van der Waals surface area contributed by atoms with Gasteiger partial charge in [-0.1, -0.05) is 12.2 Å². The van der Waals surface area contributed by atoms with Gasteiger partial charge < -0.3 is 19.1 Å². The Labute approximate surface area is 135 Å². The molecule has 0 atom stereocenters. The molecule has 0 unspecified atom stereocenters. The summed E-state index contributed by atoms with van der Waals surface area (Å²) in [5.74, 6) is 0.603. The molecule has 0 saturated carbocycles. The molecule has 0 amide bonds. The van der Waals surface area contributed by atoms with Gasteiger partial charge in [0, 0.05) is 18.8 Å². The van der Waals surface area contributed by atoms with Gasteiger partial charge in [-0.3, -0.25) is 0 Å². The zero-order valence-electron chi connectivity index (χ0n) is 13.6. The normalized spacial score (nSPS) is 10.9. The van der Waals surface area contributed by atoms with Gasteiger partial charge in [-0.2, -0.15) is 0 Å². The molecule has 5 nitrogen and oxygen atoms in total. The fourth-order valence-electron chi connectivity index (χ4n) is 2.26. The van der Waals surface area contributed by atoms with Crippen molar-refractivity contribution in [3.8, 4) is 11.5 Å². The maximum atomic E-state index is 11.8. The maximum absolute atomic E-state index is 11.8. The average Bonchev–Trinajstić information content (AvgIpc) is 2.90. The average molecular weight is 315 g/mol. The lowest BCUT2D eigenvalue weighted by atomic mass is 10.1. The first-order valence-electron chi connectivity index (χ1n) is 7.41. The van der Waals surface area contributed by atoms with Crippen molar-refractivity contribution in [2.45, 2.75) is 13.3 Å². The second-order valence-electron chi connectivity index (χ2n) is 5.09. The van der Waals surface area contributed by atoms with Crippen LogP contribution in [0.2, 0.25) is 0 Å². The molecule has 1 aromatic carbocycles. The van der Waals surface area contributed by atoms with Crippen molar-refractivity contribution in [3.63, 3.8) is 0 Å². The Balaban J connectivity index is 2.09. The predicted octanol–water partition coefficient (Wildman–Crippen LogP) is 3.17. The summed E-state index contributed by atoms with van der Waals surface area (Å²) >= 11 is 0. The van der Waals surface area contributed by atoms with Gasteiger partial charge in [-0.15, -0.1) is 0 Å². The highest BCUT2D eigenvalue weighted by Crippen LogP contribution is 2.23.